The van der Waals surface area contributed by atoms with Crippen molar-refractivity contribution in [3.63, 3.8) is 0 Å². The monoisotopic (exact) mass is 419 g/mol. The van der Waals surface area contributed by atoms with Gasteiger partial charge in [0.15, 0.2) is 0 Å². The van der Waals surface area contributed by atoms with Crippen LogP contribution in [0, 0.1) is 0 Å². The van der Waals surface area contributed by atoms with Crippen LogP contribution in [0.4, 0.5) is 11.4 Å². The van der Waals surface area contributed by atoms with Crippen LogP contribution in [0.15, 0.2) is 41.3 Å². The van der Waals surface area contributed by atoms with Gasteiger partial charge in [0.25, 0.3) is 0 Å². The van der Waals surface area contributed by atoms with E-state index < -0.39 is 0 Å². The number of rotatable bonds is 3. The first-order valence-electron chi connectivity index (χ1n) is 7.83. The van der Waals surface area contributed by atoms with Crippen molar-refractivity contribution in [2.75, 3.05) is 16.8 Å². The van der Waals surface area contributed by atoms with Gasteiger partial charge in [0.05, 0.1) is 22.4 Å². The molecule has 1 saturated heterocycles. The second kappa shape index (κ2) is 6.31. The topological polar surface area (TPSA) is 63.1 Å². The first-order chi connectivity index (χ1) is 12.0. The van der Waals surface area contributed by atoms with Crippen molar-refractivity contribution in [3.8, 4) is 0 Å². The van der Waals surface area contributed by atoms with Crippen LogP contribution in [0.5, 0.6) is 0 Å². The molecule has 1 amide bonds. The van der Waals surface area contributed by atoms with Crippen LogP contribution in [0.1, 0.15) is 6.42 Å². The summed E-state index contributed by atoms with van der Waals surface area (Å²) in [7, 11) is 1.84. The molecule has 0 bridgehead atoms. The van der Waals surface area contributed by atoms with E-state index >= 15 is 0 Å². The lowest BCUT2D eigenvalue weighted by molar-refractivity contribution is -0.117. The number of hydrogen-bond donors (Lipinski definition) is 1. The lowest BCUT2D eigenvalue weighted by Gasteiger charge is -2.17. The quantitative estimate of drug-likeness (QED) is 0.703. The molecule has 1 atom stereocenters. The number of fused-ring (bicyclic) bond motifs is 1. The highest BCUT2D eigenvalue weighted by atomic mass is 79.9. The summed E-state index contributed by atoms with van der Waals surface area (Å²) in [5, 5.41) is 8.95. The summed E-state index contributed by atoms with van der Waals surface area (Å²) in [5.74, 6) is 0.0408. The van der Waals surface area contributed by atoms with Crippen molar-refractivity contribution >= 4 is 55.7 Å². The normalized spacial score (nSPS) is 17.5. The third-order valence-electron chi connectivity index (χ3n) is 4.30. The van der Waals surface area contributed by atoms with Gasteiger partial charge in [0, 0.05) is 41.5 Å². The van der Waals surface area contributed by atoms with Crippen molar-refractivity contribution in [3.05, 3.63) is 46.3 Å². The Hall–Kier alpha value is -2.12. The Bertz CT molecular complexity index is 973. The summed E-state index contributed by atoms with van der Waals surface area (Å²) in [6.07, 6.45) is 5.97. The van der Waals surface area contributed by atoms with Crippen LogP contribution in [0.25, 0.3) is 10.9 Å². The summed E-state index contributed by atoms with van der Waals surface area (Å²) in [5.41, 5.74) is 2.38. The fourth-order valence-corrected chi connectivity index (χ4v) is 3.97. The molecule has 2 aromatic heterocycles. The zero-order chi connectivity index (χ0) is 17.6. The van der Waals surface area contributed by atoms with Crippen molar-refractivity contribution in [1.82, 2.24) is 14.8 Å². The number of hydrogen-bond acceptors (Lipinski definition) is 4. The van der Waals surface area contributed by atoms with Gasteiger partial charge in [0.2, 0.25) is 5.91 Å². The van der Waals surface area contributed by atoms with E-state index in [9.17, 15) is 4.79 Å². The smallest absolute Gasteiger partial charge is 0.249 e. The van der Waals surface area contributed by atoms with Crippen LogP contribution in [-0.4, -0.2) is 33.3 Å². The maximum absolute atomic E-state index is 12.8. The first kappa shape index (κ1) is 16.4. The summed E-state index contributed by atoms with van der Waals surface area (Å²) in [6, 6.07) is 5.34. The predicted octanol–water partition coefficient (Wildman–Crippen LogP) is 3.60. The van der Waals surface area contributed by atoms with Crippen LogP contribution in [-0.2, 0) is 11.8 Å². The number of anilines is 2. The largest absolute Gasteiger partial charge is 0.373 e. The minimum Gasteiger partial charge on any atom is -0.373 e. The molecular formula is C17H15BrClN5O. The minimum absolute atomic E-state index is 0.0408. The fourth-order valence-electron chi connectivity index (χ4n) is 3.11. The third-order valence-corrected chi connectivity index (χ3v) is 5.05. The number of benzene rings is 1. The molecule has 1 N–H and O–H groups in total. The minimum atomic E-state index is -0.288. The molecule has 8 heteroatoms. The molecule has 6 nitrogen and oxygen atoms in total. The second-order valence-corrected chi connectivity index (χ2v) is 7.31. The average Bonchev–Trinajstić information content (AvgIpc) is 3.15. The van der Waals surface area contributed by atoms with E-state index in [4.69, 9.17) is 11.6 Å². The standard InChI is InChI=1S/C17H15BrClN5O/c1-23-9-11(8-21-23)24-5-3-15(17(24)25)22-14-2-4-20-16-12(14)6-10(18)7-13(16)19/h2,4,6-9,15H,3,5H2,1H3,(H,20,22). The molecule has 1 aliphatic rings. The number of nitrogens with one attached hydrogen (secondary N) is 1. The molecule has 0 saturated carbocycles. The zero-order valence-corrected chi connectivity index (χ0v) is 15.8. The Morgan fingerprint density at radius 2 is 2.24 bits per heavy atom. The van der Waals surface area contributed by atoms with E-state index in [1.54, 1.807) is 22.0 Å². The summed E-state index contributed by atoms with van der Waals surface area (Å²) in [6.45, 7) is 0.662. The summed E-state index contributed by atoms with van der Waals surface area (Å²) < 4.78 is 2.56. The van der Waals surface area contributed by atoms with E-state index in [2.05, 4.69) is 31.3 Å². The molecule has 1 aliphatic heterocycles. The Kier molecular flexibility index (Phi) is 4.13. The number of halogens is 2. The molecule has 0 spiro atoms. The van der Waals surface area contributed by atoms with Crippen molar-refractivity contribution in [2.24, 2.45) is 7.05 Å². The van der Waals surface area contributed by atoms with Crippen LogP contribution < -0.4 is 10.2 Å². The van der Waals surface area contributed by atoms with Crippen LogP contribution in [0.3, 0.4) is 0 Å². The highest BCUT2D eigenvalue weighted by molar-refractivity contribution is 9.10. The number of amides is 1. The van der Waals surface area contributed by atoms with Gasteiger partial charge in [0.1, 0.15) is 6.04 Å². The average molecular weight is 421 g/mol. The Balaban J connectivity index is 1.63. The van der Waals surface area contributed by atoms with Gasteiger partial charge in [-0.05, 0) is 24.6 Å². The summed E-state index contributed by atoms with van der Waals surface area (Å²) >= 11 is 9.74. The Morgan fingerprint density at radius 3 is 3.00 bits per heavy atom. The first-order valence-corrected chi connectivity index (χ1v) is 9.00. The SMILES string of the molecule is Cn1cc(N2CCC(Nc3ccnc4c(Cl)cc(Br)cc34)C2=O)cn1. The molecule has 4 rings (SSSR count). The van der Waals surface area contributed by atoms with Gasteiger partial charge in [-0.1, -0.05) is 27.5 Å². The summed E-state index contributed by atoms with van der Waals surface area (Å²) in [4.78, 5) is 18.9. The maximum atomic E-state index is 12.8. The molecule has 1 aromatic carbocycles. The molecule has 1 fully saturated rings. The molecule has 0 radical (unpaired) electrons. The number of carbonyl (C=O) groups is 1. The van der Waals surface area contributed by atoms with Crippen molar-refractivity contribution in [2.45, 2.75) is 12.5 Å². The van der Waals surface area contributed by atoms with E-state index in [0.717, 1.165) is 27.7 Å². The van der Waals surface area contributed by atoms with Crippen molar-refractivity contribution in [1.29, 1.82) is 0 Å². The van der Waals surface area contributed by atoms with Gasteiger partial charge in [-0.25, -0.2) is 0 Å². The third kappa shape index (κ3) is 2.98. The van der Waals surface area contributed by atoms with E-state index in [0.29, 0.717) is 17.1 Å². The predicted molar refractivity (Wildman–Crippen MR) is 102 cm³/mol. The zero-order valence-electron chi connectivity index (χ0n) is 13.4. The van der Waals surface area contributed by atoms with Crippen LogP contribution >= 0.6 is 27.5 Å². The molecule has 1 unspecified atom stereocenters. The van der Waals surface area contributed by atoms with Crippen molar-refractivity contribution < 1.29 is 4.79 Å². The van der Waals surface area contributed by atoms with E-state index in [1.165, 1.54) is 0 Å². The molecule has 0 aliphatic carbocycles. The van der Waals surface area contributed by atoms with Crippen LogP contribution in [0.2, 0.25) is 5.02 Å². The number of carbonyl (C=O) groups excluding carboxylic acids is 1. The lowest BCUT2D eigenvalue weighted by atomic mass is 10.1. The van der Waals surface area contributed by atoms with Gasteiger partial charge in [-0.2, -0.15) is 5.10 Å². The highest BCUT2D eigenvalue weighted by Gasteiger charge is 2.33. The van der Waals surface area contributed by atoms with E-state index in [-0.39, 0.29) is 11.9 Å². The van der Waals surface area contributed by atoms with E-state index in [1.807, 2.05) is 31.4 Å². The van der Waals surface area contributed by atoms with Gasteiger partial charge < -0.3 is 10.2 Å². The number of nitrogens with zero attached hydrogens (tertiary/aromatic N) is 4. The molecule has 3 aromatic rings. The lowest BCUT2D eigenvalue weighted by Crippen LogP contribution is -2.33. The molecular weight excluding hydrogens is 406 g/mol. The number of aryl methyl sites for hydroxylation is 1. The maximum Gasteiger partial charge on any atom is 0.249 e. The second-order valence-electron chi connectivity index (χ2n) is 5.99. The molecule has 25 heavy (non-hydrogen) atoms. The van der Waals surface area contributed by atoms with Gasteiger partial charge >= 0.3 is 0 Å². The fraction of sp³-hybridized carbons (Fsp3) is 0.235. The van der Waals surface area contributed by atoms with Gasteiger partial charge in [-0.3, -0.25) is 14.5 Å². The number of pyridine rings is 1. The number of aromatic nitrogens is 3. The van der Waals surface area contributed by atoms with Gasteiger partial charge in [-0.15, -0.1) is 0 Å². The molecule has 3 heterocycles. The Labute approximate surface area is 157 Å². The Morgan fingerprint density at radius 1 is 1.40 bits per heavy atom. The highest BCUT2D eigenvalue weighted by Crippen LogP contribution is 2.32. The molecule has 128 valence electrons.